The lowest BCUT2D eigenvalue weighted by molar-refractivity contribution is 0.0635. The highest BCUT2D eigenvalue weighted by Crippen LogP contribution is 2.46. The molecule has 0 spiro atoms. The second-order valence-electron chi connectivity index (χ2n) is 6.36. The van der Waals surface area contributed by atoms with Crippen molar-refractivity contribution >= 4 is 23.4 Å². The number of rotatable bonds is 2. The van der Waals surface area contributed by atoms with E-state index in [0.29, 0.717) is 10.7 Å². The van der Waals surface area contributed by atoms with Crippen molar-refractivity contribution in [3.05, 3.63) is 28.8 Å². The van der Waals surface area contributed by atoms with E-state index in [0.717, 1.165) is 24.8 Å². The number of halogens is 1. The van der Waals surface area contributed by atoms with Gasteiger partial charge >= 0.3 is 6.09 Å². The van der Waals surface area contributed by atoms with Gasteiger partial charge in [0.05, 0.1) is 11.5 Å². The van der Waals surface area contributed by atoms with Gasteiger partial charge in [0.1, 0.15) is 5.60 Å². The number of carbonyl (C=O) groups excluding carboxylic acids is 1. The van der Waals surface area contributed by atoms with Crippen LogP contribution in [0.3, 0.4) is 0 Å². The number of nitrogens with one attached hydrogen (secondary N) is 1. The lowest BCUT2D eigenvalue weighted by atomic mass is 9.65. The van der Waals surface area contributed by atoms with Crippen LogP contribution in [0.25, 0.3) is 0 Å². The van der Waals surface area contributed by atoms with Crippen molar-refractivity contribution in [3.8, 4) is 6.07 Å². The third-order valence-corrected chi connectivity index (χ3v) is 3.79. The minimum absolute atomic E-state index is 0.529. The van der Waals surface area contributed by atoms with Gasteiger partial charge < -0.3 is 4.74 Å². The Morgan fingerprint density at radius 3 is 2.57 bits per heavy atom. The maximum absolute atomic E-state index is 11.9. The molecule has 1 aromatic rings. The zero-order chi connectivity index (χ0) is 15.7. The van der Waals surface area contributed by atoms with Gasteiger partial charge in [0.15, 0.2) is 0 Å². The number of nitrogens with zero attached hydrogens (tertiary/aromatic N) is 1. The molecule has 112 valence electrons. The minimum atomic E-state index is -0.569. The first kappa shape index (κ1) is 15.7. The fourth-order valence-corrected chi connectivity index (χ4v) is 2.58. The number of hydrogen-bond acceptors (Lipinski definition) is 3. The molecule has 21 heavy (non-hydrogen) atoms. The van der Waals surface area contributed by atoms with Crippen LogP contribution in [-0.2, 0) is 10.2 Å². The monoisotopic (exact) mass is 306 g/mol. The Morgan fingerprint density at radius 1 is 1.43 bits per heavy atom. The van der Waals surface area contributed by atoms with Crippen molar-refractivity contribution in [2.75, 3.05) is 5.32 Å². The van der Waals surface area contributed by atoms with Crippen LogP contribution in [0.2, 0.25) is 5.02 Å². The number of amides is 1. The third kappa shape index (κ3) is 3.48. The summed E-state index contributed by atoms with van der Waals surface area (Å²) >= 11 is 6.05. The molecule has 1 N–H and O–H groups in total. The van der Waals surface area contributed by atoms with E-state index in [1.807, 2.05) is 0 Å². The quantitative estimate of drug-likeness (QED) is 0.866. The number of nitriles is 1. The zero-order valence-electron chi connectivity index (χ0n) is 12.5. The second kappa shape index (κ2) is 5.57. The van der Waals surface area contributed by atoms with E-state index in [1.54, 1.807) is 39.0 Å². The van der Waals surface area contributed by atoms with Crippen molar-refractivity contribution < 1.29 is 9.53 Å². The van der Waals surface area contributed by atoms with Gasteiger partial charge in [-0.05, 0) is 63.8 Å². The molecule has 1 aromatic carbocycles. The number of anilines is 1. The average molecular weight is 307 g/mol. The van der Waals surface area contributed by atoms with Crippen LogP contribution < -0.4 is 5.32 Å². The number of ether oxygens (including phenoxy) is 1. The Labute approximate surface area is 130 Å². The number of carbonyl (C=O) groups is 1. The highest BCUT2D eigenvalue weighted by atomic mass is 35.5. The molecule has 0 atom stereocenters. The molecule has 0 saturated heterocycles. The van der Waals surface area contributed by atoms with Crippen LogP contribution in [0.5, 0.6) is 0 Å². The van der Waals surface area contributed by atoms with Crippen molar-refractivity contribution in [3.63, 3.8) is 0 Å². The lowest BCUT2D eigenvalue weighted by Gasteiger charge is -2.37. The highest BCUT2D eigenvalue weighted by molar-refractivity contribution is 6.30. The van der Waals surface area contributed by atoms with Gasteiger partial charge in [0, 0.05) is 10.7 Å². The Hall–Kier alpha value is -1.73. The van der Waals surface area contributed by atoms with Gasteiger partial charge in [0.2, 0.25) is 0 Å². The van der Waals surface area contributed by atoms with Gasteiger partial charge in [-0.25, -0.2) is 4.79 Å². The number of benzene rings is 1. The summed E-state index contributed by atoms with van der Waals surface area (Å²) in [6.07, 6.45) is 2.05. The van der Waals surface area contributed by atoms with Crippen molar-refractivity contribution in [2.24, 2.45) is 0 Å². The summed E-state index contributed by atoms with van der Waals surface area (Å²) in [7, 11) is 0. The van der Waals surface area contributed by atoms with E-state index in [1.165, 1.54) is 0 Å². The van der Waals surface area contributed by atoms with Crippen LogP contribution >= 0.6 is 11.6 Å². The molecule has 0 aromatic heterocycles. The van der Waals surface area contributed by atoms with E-state index in [4.69, 9.17) is 16.3 Å². The van der Waals surface area contributed by atoms with Crippen LogP contribution in [0.15, 0.2) is 18.2 Å². The smallest absolute Gasteiger partial charge is 0.412 e. The third-order valence-electron chi connectivity index (χ3n) is 3.55. The summed E-state index contributed by atoms with van der Waals surface area (Å²) in [4.78, 5) is 11.9. The minimum Gasteiger partial charge on any atom is -0.444 e. The SMILES string of the molecule is CC(C)(C)OC(=O)Nc1ccc(Cl)cc1C1(C#N)CCC1. The first-order valence-corrected chi connectivity index (χ1v) is 7.35. The topological polar surface area (TPSA) is 62.1 Å². The Morgan fingerprint density at radius 2 is 2.10 bits per heavy atom. The second-order valence-corrected chi connectivity index (χ2v) is 6.80. The predicted octanol–water partition coefficient (Wildman–Crippen LogP) is 4.63. The molecule has 5 heteroatoms. The largest absolute Gasteiger partial charge is 0.444 e. The molecule has 0 unspecified atom stereocenters. The average Bonchev–Trinajstić information content (AvgIpc) is 2.29. The molecule has 0 heterocycles. The Balaban J connectivity index is 2.28. The normalized spacial score (nSPS) is 16.5. The maximum Gasteiger partial charge on any atom is 0.412 e. The van der Waals surface area contributed by atoms with Crippen LogP contribution in [0.4, 0.5) is 10.5 Å². The highest BCUT2D eigenvalue weighted by Gasteiger charge is 2.41. The van der Waals surface area contributed by atoms with Crippen molar-refractivity contribution in [1.82, 2.24) is 0 Å². The zero-order valence-corrected chi connectivity index (χ0v) is 13.3. The van der Waals surface area contributed by atoms with Gasteiger partial charge in [-0.3, -0.25) is 5.32 Å². The molecule has 4 nitrogen and oxygen atoms in total. The molecule has 1 saturated carbocycles. The van der Waals surface area contributed by atoms with Crippen LogP contribution in [-0.4, -0.2) is 11.7 Å². The van der Waals surface area contributed by atoms with E-state index in [9.17, 15) is 10.1 Å². The molecular formula is C16H19ClN2O2. The summed E-state index contributed by atoms with van der Waals surface area (Å²) in [6.45, 7) is 5.41. The summed E-state index contributed by atoms with van der Waals surface area (Å²) in [6, 6.07) is 7.55. The molecular weight excluding hydrogens is 288 g/mol. The first-order chi connectivity index (χ1) is 9.76. The molecule has 1 aliphatic carbocycles. The molecule has 0 radical (unpaired) electrons. The predicted molar refractivity (Wildman–Crippen MR) is 82.5 cm³/mol. The summed E-state index contributed by atoms with van der Waals surface area (Å²) < 4.78 is 5.26. The molecule has 1 amide bonds. The molecule has 0 aliphatic heterocycles. The molecule has 0 bridgehead atoms. The van der Waals surface area contributed by atoms with E-state index in [2.05, 4.69) is 11.4 Å². The summed E-state index contributed by atoms with van der Waals surface area (Å²) in [5, 5.41) is 12.8. The maximum atomic E-state index is 11.9. The first-order valence-electron chi connectivity index (χ1n) is 6.97. The van der Waals surface area contributed by atoms with Gasteiger partial charge in [-0.1, -0.05) is 11.6 Å². The van der Waals surface area contributed by atoms with Crippen molar-refractivity contribution in [1.29, 1.82) is 5.26 Å². The lowest BCUT2D eigenvalue weighted by Crippen LogP contribution is -2.34. The Kier molecular flexibility index (Phi) is 4.15. The molecule has 2 rings (SSSR count). The van der Waals surface area contributed by atoms with Crippen LogP contribution in [0, 0.1) is 11.3 Å². The van der Waals surface area contributed by atoms with Gasteiger partial charge in [-0.15, -0.1) is 0 Å². The van der Waals surface area contributed by atoms with Crippen molar-refractivity contribution in [2.45, 2.75) is 51.0 Å². The van der Waals surface area contributed by atoms with E-state index < -0.39 is 17.1 Å². The van der Waals surface area contributed by atoms with Gasteiger partial charge in [-0.2, -0.15) is 5.26 Å². The fourth-order valence-electron chi connectivity index (χ4n) is 2.41. The molecule has 1 aliphatic rings. The Bertz CT molecular complexity index is 595. The van der Waals surface area contributed by atoms with E-state index in [-0.39, 0.29) is 0 Å². The van der Waals surface area contributed by atoms with E-state index >= 15 is 0 Å². The summed E-state index contributed by atoms with van der Waals surface area (Å²) in [5.41, 5.74) is 0.250. The fraction of sp³-hybridized carbons (Fsp3) is 0.500. The van der Waals surface area contributed by atoms with Crippen LogP contribution in [0.1, 0.15) is 45.6 Å². The van der Waals surface area contributed by atoms with Gasteiger partial charge in [0.25, 0.3) is 0 Å². The number of hydrogen-bond donors (Lipinski definition) is 1. The summed E-state index contributed by atoms with van der Waals surface area (Å²) in [5.74, 6) is 0. The standard InChI is InChI=1S/C16H19ClN2O2/c1-15(2,3)21-14(20)19-13-6-5-11(17)9-12(13)16(10-18)7-4-8-16/h5-6,9H,4,7-8H2,1-3H3,(H,19,20). The molecule has 1 fully saturated rings.